The summed E-state index contributed by atoms with van der Waals surface area (Å²) in [5.74, 6) is 1.43. The lowest BCUT2D eigenvalue weighted by molar-refractivity contribution is 0.415. The molecule has 0 saturated heterocycles. The molecule has 1 aromatic heterocycles. The highest BCUT2D eigenvalue weighted by atomic mass is 16.5. The lowest BCUT2D eigenvalue weighted by Gasteiger charge is -2.05. The van der Waals surface area contributed by atoms with Crippen molar-refractivity contribution in [2.24, 2.45) is 0 Å². The van der Waals surface area contributed by atoms with Crippen LogP contribution in [0.4, 0.5) is 5.82 Å². The average molecular weight is 239 g/mol. The van der Waals surface area contributed by atoms with Crippen LogP contribution in [0.25, 0.3) is 21.9 Å². The van der Waals surface area contributed by atoms with Crippen LogP contribution in [0.5, 0.6) is 5.75 Å². The van der Waals surface area contributed by atoms with Gasteiger partial charge >= 0.3 is 0 Å². The fraction of sp³-hybridized carbons (Fsp3) is 0.0714. The summed E-state index contributed by atoms with van der Waals surface area (Å²) in [4.78, 5) is 0. The molecule has 4 heteroatoms. The molecule has 0 bridgehead atoms. The normalized spacial score (nSPS) is 10.7. The van der Waals surface area contributed by atoms with Crippen molar-refractivity contribution in [3.8, 4) is 16.9 Å². The molecule has 18 heavy (non-hydrogen) atoms. The third-order valence-corrected chi connectivity index (χ3v) is 3.03. The number of H-pyrrole nitrogens is 1. The van der Waals surface area contributed by atoms with E-state index in [9.17, 15) is 0 Å². The summed E-state index contributed by atoms with van der Waals surface area (Å²) in [6, 6.07) is 12.2. The fourth-order valence-corrected chi connectivity index (χ4v) is 2.05. The summed E-state index contributed by atoms with van der Waals surface area (Å²) < 4.78 is 5.23. The minimum Gasteiger partial charge on any atom is -0.497 e. The SMILES string of the molecule is COc1ccc2ccc(-c3cn[nH]c3N)cc2c1. The molecule has 90 valence electrons. The lowest BCUT2D eigenvalue weighted by atomic mass is 10.0. The number of anilines is 1. The van der Waals surface area contributed by atoms with Crippen molar-refractivity contribution >= 4 is 16.6 Å². The van der Waals surface area contributed by atoms with Crippen LogP contribution in [-0.4, -0.2) is 17.3 Å². The number of hydrogen-bond acceptors (Lipinski definition) is 3. The molecule has 0 aliphatic carbocycles. The number of aromatic nitrogens is 2. The third kappa shape index (κ3) is 1.68. The molecule has 3 rings (SSSR count). The Labute approximate surface area is 104 Å². The number of hydrogen-bond donors (Lipinski definition) is 2. The van der Waals surface area contributed by atoms with Crippen LogP contribution in [0.3, 0.4) is 0 Å². The molecule has 0 amide bonds. The lowest BCUT2D eigenvalue weighted by Crippen LogP contribution is -1.88. The average Bonchev–Trinajstić information content (AvgIpc) is 2.83. The van der Waals surface area contributed by atoms with Crippen LogP contribution in [-0.2, 0) is 0 Å². The Kier molecular flexibility index (Phi) is 2.41. The first-order chi connectivity index (χ1) is 8.78. The van der Waals surface area contributed by atoms with Crippen molar-refractivity contribution in [1.82, 2.24) is 10.2 Å². The van der Waals surface area contributed by atoms with Gasteiger partial charge in [0.25, 0.3) is 0 Å². The van der Waals surface area contributed by atoms with Gasteiger partial charge in [0.1, 0.15) is 11.6 Å². The van der Waals surface area contributed by atoms with Crippen LogP contribution >= 0.6 is 0 Å². The summed E-state index contributed by atoms with van der Waals surface area (Å²) >= 11 is 0. The van der Waals surface area contributed by atoms with E-state index in [4.69, 9.17) is 10.5 Å². The van der Waals surface area contributed by atoms with E-state index in [1.54, 1.807) is 13.3 Å². The van der Waals surface area contributed by atoms with Crippen LogP contribution in [0.2, 0.25) is 0 Å². The molecule has 1 heterocycles. The largest absolute Gasteiger partial charge is 0.497 e. The van der Waals surface area contributed by atoms with Gasteiger partial charge in [-0.3, -0.25) is 5.10 Å². The van der Waals surface area contributed by atoms with Crippen LogP contribution in [0.15, 0.2) is 42.6 Å². The molecule has 0 unspecified atom stereocenters. The number of nitrogens with one attached hydrogen (secondary N) is 1. The Balaban J connectivity index is 2.18. The molecule has 3 N–H and O–H groups in total. The Bertz CT molecular complexity index is 703. The fourth-order valence-electron chi connectivity index (χ4n) is 2.05. The molecule has 0 aliphatic heterocycles. The number of benzene rings is 2. The van der Waals surface area contributed by atoms with Crippen molar-refractivity contribution in [3.63, 3.8) is 0 Å². The van der Waals surface area contributed by atoms with Gasteiger partial charge in [0.05, 0.1) is 13.3 Å². The van der Waals surface area contributed by atoms with Gasteiger partial charge < -0.3 is 10.5 Å². The van der Waals surface area contributed by atoms with E-state index in [0.717, 1.165) is 22.3 Å². The molecule has 0 spiro atoms. The summed E-state index contributed by atoms with van der Waals surface area (Å²) in [6.07, 6.45) is 1.73. The number of ether oxygens (including phenoxy) is 1. The molecule has 0 atom stereocenters. The maximum absolute atomic E-state index is 5.83. The first-order valence-electron chi connectivity index (χ1n) is 5.65. The van der Waals surface area contributed by atoms with Crippen molar-refractivity contribution in [3.05, 3.63) is 42.6 Å². The molecule has 3 aromatic rings. The van der Waals surface area contributed by atoms with Crippen LogP contribution in [0, 0.1) is 0 Å². The number of nitrogens with zero attached hydrogens (tertiary/aromatic N) is 1. The summed E-state index contributed by atoms with van der Waals surface area (Å²) in [5.41, 5.74) is 7.79. The van der Waals surface area contributed by atoms with Gasteiger partial charge in [0, 0.05) is 5.56 Å². The topological polar surface area (TPSA) is 63.9 Å². The van der Waals surface area contributed by atoms with E-state index >= 15 is 0 Å². The molecular formula is C14H13N3O. The predicted octanol–water partition coefficient (Wildman–Crippen LogP) is 2.82. The number of rotatable bonds is 2. The second-order valence-corrected chi connectivity index (χ2v) is 4.13. The van der Waals surface area contributed by atoms with Crippen molar-refractivity contribution in [1.29, 1.82) is 0 Å². The second-order valence-electron chi connectivity index (χ2n) is 4.13. The zero-order valence-electron chi connectivity index (χ0n) is 9.97. The van der Waals surface area contributed by atoms with Crippen LogP contribution in [0.1, 0.15) is 0 Å². The standard InChI is InChI=1S/C14H13N3O/c1-18-12-5-4-9-2-3-10(6-11(9)7-12)13-8-16-17-14(13)15/h2-8H,1H3,(H3,15,16,17). The number of methoxy groups -OCH3 is 1. The number of fused-ring (bicyclic) bond motifs is 1. The first kappa shape index (κ1) is 10.7. The van der Waals surface area contributed by atoms with Crippen LogP contribution < -0.4 is 10.5 Å². The highest BCUT2D eigenvalue weighted by Crippen LogP contribution is 2.29. The first-order valence-corrected chi connectivity index (χ1v) is 5.65. The van der Waals surface area contributed by atoms with Gasteiger partial charge in [-0.15, -0.1) is 0 Å². The Morgan fingerprint density at radius 1 is 1.11 bits per heavy atom. The van der Waals surface area contributed by atoms with Gasteiger partial charge in [0.2, 0.25) is 0 Å². The van der Waals surface area contributed by atoms with Gasteiger partial charge in [-0.25, -0.2) is 0 Å². The van der Waals surface area contributed by atoms with E-state index < -0.39 is 0 Å². The molecule has 4 nitrogen and oxygen atoms in total. The minimum absolute atomic E-state index is 0.581. The summed E-state index contributed by atoms with van der Waals surface area (Å²) in [7, 11) is 1.67. The maximum Gasteiger partial charge on any atom is 0.126 e. The number of nitrogens with two attached hydrogens (primary N) is 1. The van der Waals surface area contributed by atoms with Gasteiger partial charge in [-0.2, -0.15) is 5.10 Å². The number of nitrogen functional groups attached to an aromatic ring is 1. The zero-order chi connectivity index (χ0) is 12.5. The van der Waals surface area contributed by atoms with Gasteiger partial charge in [-0.1, -0.05) is 18.2 Å². The Morgan fingerprint density at radius 2 is 1.94 bits per heavy atom. The number of aromatic amines is 1. The molecule has 0 saturated carbocycles. The highest BCUT2D eigenvalue weighted by Gasteiger charge is 2.05. The quantitative estimate of drug-likeness (QED) is 0.722. The second kappa shape index (κ2) is 4.07. The van der Waals surface area contributed by atoms with Crippen molar-refractivity contribution in [2.75, 3.05) is 12.8 Å². The van der Waals surface area contributed by atoms with E-state index in [0.29, 0.717) is 5.82 Å². The van der Waals surface area contributed by atoms with Gasteiger partial charge in [-0.05, 0) is 34.5 Å². The predicted molar refractivity (Wildman–Crippen MR) is 72.5 cm³/mol. The van der Waals surface area contributed by atoms with Crippen molar-refractivity contribution < 1.29 is 4.74 Å². The minimum atomic E-state index is 0.581. The smallest absolute Gasteiger partial charge is 0.126 e. The zero-order valence-corrected chi connectivity index (χ0v) is 9.97. The summed E-state index contributed by atoms with van der Waals surface area (Å²) in [5, 5.41) is 8.96. The Hall–Kier alpha value is -2.49. The Morgan fingerprint density at radius 3 is 2.67 bits per heavy atom. The van der Waals surface area contributed by atoms with Gasteiger partial charge in [0.15, 0.2) is 0 Å². The van der Waals surface area contributed by atoms with E-state index in [1.165, 1.54) is 5.39 Å². The molecule has 0 aliphatic rings. The highest BCUT2D eigenvalue weighted by molar-refractivity contribution is 5.89. The monoisotopic (exact) mass is 239 g/mol. The maximum atomic E-state index is 5.83. The van der Waals surface area contributed by atoms with E-state index in [2.05, 4.69) is 22.3 Å². The molecule has 2 aromatic carbocycles. The molecule has 0 radical (unpaired) electrons. The van der Waals surface area contributed by atoms with Crippen molar-refractivity contribution in [2.45, 2.75) is 0 Å². The summed E-state index contributed by atoms with van der Waals surface area (Å²) in [6.45, 7) is 0. The van der Waals surface area contributed by atoms with E-state index in [-0.39, 0.29) is 0 Å². The third-order valence-electron chi connectivity index (χ3n) is 3.03. The van der Waals surface area contributed by atoms with E-state index in [1.807, 2.05) is 24.3 Å². The molecule has 0 fully saturated rings. The molecular weight excluding hydrogens is 226 g/mol.